The van der Waals surface area contributed by atoms with Crippen molar-refractivity contribution in [2.24, 2.45) is 0 Å². The lowest BCUT2D eigenvalue weighted by atomic mass is 10.1. The third-order valence-corrected chi connectivity index (χ3v) is 5.16. The highest BCUT2D eigenvalue weighted by Gasteiger charge is 2.16. The summed E-state index contributed by atoms with van der Waals surface area (Å²) in [5.41, 5.74) is 1.72. The van der Waals surface area contributed by atoms with Gasteiger partial charge in [-0.3, -0.25) is 4.79 Å². The van der Waals surface area contributed by atoms with Crippen LogP contribution in [0.3, 0.4) is 0 Å². The number of hydrogen-bond acceptors (Lipinski definition) is 5. The van der Waals surface area contributed by atoms with Crippen molar-refractivity contribution in [3.05, 3.63) is 58.6 Å². The summed E-state index contributed by atoms with van der Waals surface area (Å²) >= 11 is 6.33. The number of rotatable bonds is 10. The Morgan fingerprint density at radius 3 is 2.72 bits per heavy atom. The van der Waals surface area contributed by atoms with Crippen LogP contribution in [0, 0.1) is 0 Å². The molecule has 1 aliphatic heterocycles. The summed E-state index contributed by atoms with van der Waals surface area (Å²) in [7, 11) is 1.55. The predicted molar refractivity (Wildman–Crippen MR) is 126 cm³/mol. The summed E-state index contributed by atoms with van der Waals surface area (Å²) < 4.78 is 22.4. The minimum absolute atomic E-state index is 0.0319. The van der Waals surface area contributed by atoms with Gasteiger partial charge in [-0.1, -0.05) is 23.7 Å². The van der Waals surface area contributed by atoms with Crippen molar-refractivity contribution < 1.29 is 23.7 Å². The van der Waals surface area contributed by atoms with Gasteiger partial charge in [0.05, 0.1) is 24.3 Å². The van der Waals surface area contributed by atoms with Gasteiger partial charge >= 0.3 is 0 Å². The largest absolute Gasteiger partial charge is 0.493 e. The van der Waals surface area contributed by atoms with Crippen LogP contribution in [0.25, 0.3) is 6.08 Å². The molecule has 1 atom stereocenters. The molecule has 0 radical (unpaired) electrons. The molecule has 0 unspecified atom stereocenters. The Hall–Kier alpha value is -2.70. The molecule has 6 nitrogen and oxygen atoms in total. The molecule has 1 aliphatic rings. The lowest BCUT2D eigenvalue weighted by Crippen LogP contribution is -2.20. The highest BCUT2D eigenvalue weighted by atomic mass is 35.5. The molecule has 0 saturated carbocycles. The molecule has 1 saturated heterocycles. The molecule has 2 aromatic carbocycles. The molecule has 1 fully saturated rings. The molecule has 0 bridgehead atoms. The van der Waals surface area contributed by atoms with Gasteiger partial charge in [0.1, 0.15) is 12.4 Å². The number of hydrogen-bond donors (Lipinski definition) is 1. The molecular weight excluding hydrogens is 430 g/mol. The van der Waals surface area contributed by atoms with Crippen molar-refractivity contribution in [1.82, 2.24) is 5.32 Å². The van der Waals surface area contributed by atoms with Crippen molar-refractivity contribution in [3.63, 3.8) is 0 Å². The Morgan fingerprint density at radius 1 is 1.28 bits per heavy atom. The topological polar surface area (TPSA) is 66.0 Å². The molecule has 1 N–H and O–H groups in total. The van der Waals surface area contributed by atoms with Crippen molar-refractivity contribution in [2.45, 2.75) is 45.4 Å². The standard InChI is InChI=1S/C25H30ClNO5/c1-17(2)32-25-22(26)13-19(14-23(25)29-3)8-11-24(28)27-15-18-6-9-20(10-7-18)31-16-21-5-4-12-30-21/h6-11,13-14,17,21H,4-5,12,15-16H2,1-3H3,(H,27,28)/b11-8+/t21-/m1/s1. The SMILES string of the molecule is COc1cc(/C=C/C(=O)NCc2ccc(OC[C@H]3CCCO3)cc2)cc(Cl)c1OC(C)C. The molecule has 0 spiro atoms. The van der Waals surface area contributed by atoms with E-state index in [1.54, 1.807) is 25.3 Å². The van der Waals surface area contributed by atoms with Crippen LogP contribution < -0.4 is 19.5 Å². The van der Waals surface area contributed by atoms with Crippen LogP contribution in [0.5, 0.6) is 17.2 Å². The van der Waals surface area contributed by atoms with Gasteiger partial charge in [0.25, 0.3) is 0 Å². The van der Waals surface area contributed by atoms with E-state index in [4.69, 9.17) is 30.5 Å². The number of amides is 1. The average Bonchev–Trinajstić information content (AvgIpc) is 3.30. The van der Waals surface area contributed by atoms with E-state index in [9.17, 15) is 4.79 Å². The Bertz CT molecular complexity index is 921. The van der Waals surface area contributed by atoms with E-state index in [2.05, 4.69) is 5.32 Å². The average molecular weight is 460 g/mol. The second-order valence-corrected chi connectivity index (χ2v) is 8.25. The van der Waals surface area contributed by atoms with E-state index in [1.165, 1.54) is 6.08 Å². The molecule has 1 amide bonds. The first kappa shape index (κ1) is 24.0. The van der Waals surface area contributed by atoms with Crippen molar-refractivity contribution in [1.29, 1.82) is 0 Å². The van der Waals surface area contributed by atoms with E-state index < -0.39 is 0 Å². The molecule has 172 valence electrons. The molecule has 0 aliphatic carbocycles. The van der Waals surface area contributed by atoms with E-state index in [-0.39, 0.29) is 18.1 Å². The van der Waals surface area contributed by atoms with Crippen LogP contribution in [-0.2, 0) is 16.1 Å². The lowest BCUT2D eigenvalue weighted by molar-refractivity contribution is -0.116. The van der Waals surface area contributed by atoms with Crippen molar-refractivity contribution in [2.75, 3.05) is 20.3 Å². The van der Waals surface area contributed by atoms with Gasteiger partial charge in [0, 0.05) is 19.2 Å². The highest BCUT2D eigenvalue weighted by Crippen LogP contribution is 2.37. The van der Waals surface area contributed by atoms with Gasteiger partial charge in [-0.2, -0.15) is 0 Å². The van der Waals surface area contributed by atoms with Gasteiger partial charge in [-0.25, -0.2) is 0 Å². The zero-order valence-corrected chi connectivity index (χ0v) is 19.5. The van der Waals surface area contributed by atoms with Gasteiger partial charge in [0.15, 0.2) is 11.5 Å². The Kier molecular flexibility index (Phi) is 8.82. The first-order chi connectivity index (χ1) is 15.4. The van der Waals surface area contributed by atoms with Crippen LogP contribution in [0.15, 0.2) is 42.5 Å². The monoisotopic (exact) mass is 459 g/mol. The first-order valence-corrected chi connectivity index (χ1v) is 11.2. The molecule has 1 heterocycles. The number of benzene rings is 2. The number of carbonyl (C=O) groups is 1. The van der Waals surface area contributed by atoms with Gasteiger partial charge < -0.3 is 24.3 Å². The first-order valence-electron chi connectivity index (χ1n) is 10.8. The second kappa shape index (κ2) is 11.8. The molecule has 2 aromatic rings. The summed E-state index contributed by atoms with van der Waals surface area (Å²) in [4.78, 5) is 12.2. The fraction of sp³-hybridized carbons (Fsp3) is 0.400. The van der Waals surface area contributed by atoms with E-state index in [0.29, 0.717) is 29.7 Å². The van der Waals surface area contributed by atoms with Gasteiger partial charge in [-0.15, -0.1) is 0 Å². The fourth-order valence-electron chi connectivity index (χ4n) is 3.27. The maximum atomic E-state index is 12.2. The summed E-state index contributed by atoms with van der Waals surface area (Å²) in [6.45, 7) is 5.64. The van der Waals surface area contributed by atoms with Crippen LogP contribution in [0.1, 0.15) is 37.8 Å². The maximum Gasteiger partial charge on any atom is 0.244 e. The van der Waals surface area contributed by atoms with Crippen LogP contribution >= 0.6 is 11.6 Å². The van der Waals surface area contributed by atoms with Crippen LogP contribution in [0.2, 0.25) is 5.02 Å². The minimum Gasteiger partial charge on any atom is -0.493 e. The summed E-state index contributed by atoms with van der Waals surface area (Å²) in [6.07, 6.45) is 5.45. The predicted octanol–water partition coefficient (Wildman–Crippen LogP) is 5.02. The second-order valence-electron chi connectivity index (χ2n) is 7.84. The Morgan fingerprint density at radius 2 is 2.06 bits per heavy atom. The van der Waals surface area contributed by atoms with Crippen molar-refractivity contribution >= 4 is 23.6 Å². The number of methoxy groups -OCH3 is 1. The highest BCUT2D eigenvalue weighted by molar-refractivity contribution is 6.32. The van der Waals surface area contributed by atoms with Gasteiger partial charge in [0.2, 0.25) is 5.91 Å². The minimum atomic E-state index is -0.207. The summed E-state index contributed by atoms with van der Waals surface area (Å²) in [5.74, 6) is 1.61. The number of ether oxygens (including phenoxy) is 4. The molecule has 32 heavy (non-hydrogen) atoms. The quantitative estimate of drug-likeness (QED) is 0.505. The van der Waals surface area contributed by atoms with E-state index in [1.807, 2.05) is 38.1 Å². The molecular formula is C25H30ClNO5. The lowest BCUT2D eigenvalue weighted by Gasteiger charge is -2.15. The third-order valence-electron chi connectivity index (χ3n) is 4.88. The third kappa shape index (κ3) is 7.18. The fourth-order valence-corrected chi connectivity index (χ4v) is 3.54. The van der Waals surface area contributed by atoms with Crippen molar-refractivity contribution in [3.8, 4) is 17.2 Å². The van der Waals surface area contributed by atoms with Crippen LogP contribution in [-0.4, -0.2) is 38.4 Å². The smallest absolute Gasteiger partial charge is 0.244 e. The summed E-state index contributed by atoms with van der Waals surface area (Å²) in [6, 6.07) is 11.2. The number of carbonyl (C=O) groups excluding carboxylic acids is 1. The van der Waals surface area contributed by atoms with E-state index >= 15 is 0 Å². The molecule has 3 rings (SSSR count). The molecule has 7 heteroatoms. The number of halogens is 1. The van der Waals surface area contributed by atoms with E-state index in [0.717, 1.165) is 36.3 Å². The zero-order valence-electron chi connectivity index (χ0n) is 18.7. The maximum absolute atomic E-state index is 12.2. The Balaban J connectivity index is 1.50. The normalized spacial score (nSPS) is 15.8. The molecule has 0 aromatic heterocycles. The zero-order chi connectivity index (χ0) is 22.9. The van der Waals surface area contributed by atoms with Gasteiger partial charge in [-0.05, 0) is 68.2 Å². The Labute approximate surface area is 194 Å². The summed E-state index contributed by atoms with van der Waals surface area (Å²) in [5, 5.41) is 3.30. The van der Waals surface area contributed by atoms with Crippen LogP contribution in [0.4, 0.5) is 0 Å². The number of nitrogens with one attached hydrogen (secondary N) is 1.